The van der Waals surface area contributed by atoms with Crippen molar-refractivity contribution in [3.8, 4) is 11.6 Å². The summed E-state index contributed by atoms with van der Waals surface area (Å²) in [6.45, 7) is 13.9. The maximum absolute atomic E-state index is 13.1. The Balaban J connectivity index is 0.000000220. The number of H-pyrrole nitrogens is 2. The van der Waals surface area contributed by atoms with Crippen LogP contribution in [0.15, 0.2) is 161 Å². The normalized spacial score (nSPS) is 13.0. The number of ether oxygens (including phenoxy) is 5. The average Bonchev–Trinajstić information content (AvgIpc) is 0.816. The molecule has 0 saturated carbocycles. The zero-order chi connectivity index (χ0) is 69.0. The van der Waals surface area contributed by atoms with Crippen molar-refractivity contribution in [2.45, 2.75) is 98.2 Å². The summed E-state index contributed by atoms with van der Waals surface area (Å²) >= 11 is 0. The predicted octanol–water partition coefficient (Wildman–Crippen LogP) is 10.4. The molecule has 0 saturated heterocycles. The number of hydrogen-bond donors (Lipinski definition) is 7. The monoisotopic (exact) mass is 1380 g/mol. The first-order chi connectivity index (χ1) is 46.0. The molecule has 6 aromatic heterocycles. The largest absolute Gasteiger partial charge is 0.497 e. The maximum atomic E-state index is 13.1. The number of hydrogen-bond acceptors (Lipinski definition) is 21. The van der Waals surface area contributed by atoms with Gasteiger partial charge in [-0.05, 0) is 119 Å². The molecule has 0 bridgehead atoms. The molecule has 3 atom stereocenters. The van der Waals surface area contributed by atoms with Crippen LogP contribution in [0.5, 0.6) is 11.6 Å². The van der Waals surface area contributed by atoms with Gasteiger partial charge in [0.25, 0.3) is 11.1 Å². The van der Waals surface area contributed by atoms with Crippen LogP contribution in [0.2, 0.25) is 0 Å². The van der Waals surface area contributed by atoms with Gasteiger partial charge in [0.2, 0.25) is 23.7 Å². The van der Waals surface area contributed by atoms with E-state index in [1.165, 1.54) is 9.03 Å². The van der Waals surface area contributed by atoms with E-state index >= 15 is 0 Å². The van der Waals surface area contributed by atoms with Gasteiger partial charge in [0, 0.05) is 36.3 Å². The highest BCUT2D eigenvalue weighted by atomic mass is 31.2. The molecule has 0 aliphatic rings. The summed E-state index contributed by atoms with van der Waals surface area (Å²) in [5.41, 5.74) is 17.2. The Kier molecular flexibility index (Phi) is 26.1. The first kappa shape index (κ1) is 73.5. The SMILES string of the molecule is CC(Cc1ccc2c(=O)[nH]c(N)nn12)OCP(=O)(O)O.CCOP(=O)(COC(C)Cc1ccc2c(=O)[nH]c(N)nn12)OCC.CCOP(=O)(COC(C)Cc1ccc2c(OCc3ccccc3)nc(NC(c3ccccc3)(c3ccccc3)c3ccc(OC)cc3)nn12)OCC. The second kappa shape index (κ2) is 34.1. The number of anilines is 3. The molecule has 0 radical (unpaired) electrons. The van der Waals surface area contributed by atoms with Crippen LogP contribution < -0.4 is 37.4 Å². The zero-order valence-corrected chi connectivity index (χ0v) is 57.4. The lowest BCUT2D eigenvalue weighted by Crippen LogP contribution is -2.39. The third kappa shape index (κ3) is 19.7. The van der Waals surface area contributed by atoms with Crippen LogP contribution in [0.3, 0.4) is 0 Å². The van der Waals surface area contributed by atoms with E-state index in [1.807, 2.05) is 109 Å². The first-order valence-corrected chi connectivity index (χ1v) is 36.2. The molecule has 0 aliphatic heterocycles. The quantitative estimate of drug-likeness (QED) is 0.0152. The molecule has 31 heteroatoms. The molecule has 514 valence electrons. The molecule has 28 nitrogen and oxygen atoms in total. The summed E-state index contributed by atoms with van der Waals surface area (Å²) in [6, 6.07) is 49.2. The Labute approximate surface area is 554 Å². The van der Waals surface area contributed by atoms with Crippen molar-refractivity contribution in [2.75, 3.05) is 69.4 Å². The molecule has 10 rings (SSSR count). The van der Waals surface area contributed by atoms with Crippen LogP contribution in [-0.2, 0) is 77.4 Å². The number of nitrogens with zero attached hydrogens (tertiary/aromatic N) is 7. The number of benzene rings is 4. The van der Waals surface area contributed by atoms with E-state index in [0.717, 1.165) is 39.4 Å². The fraction of sp³-hybridized carbons (Fsp3) is 0.354. The molecule has 3 unspecified atom stereocenters. The van der Waals surface area contributed by atoms with Gasteiger partial charge < -0.3 is 68.4 Å². The minimum atomic E-state index is -4.19. The van der Waals surface area contributed by atoms with Crippen molar-refractivity contribution >= 4 is 57.2 Å². The van der Waals surface area contributed by atoms with Crippen molar-refractivity contribution in [3.63, 3.8) is 0 Å². The van der Waals surface area contributed by atoms with E-state index in [-0.39, 0.29) is 74.3 Å². The summed E-state index contributed by atoms with van der Waals surface area (Å²) in [4.78, 5) is 50.8. The summed E-state index contributed by atoms with van der Waals surface area (Å²) in [7, 11) is -9.16. The van der Waals surface area contributed by atoms with Gasteiger partial charge in [-0.25, -0.2) is 13.5 Å². The number of rotatable bonds is 32. The van der Waals surface area contributed by atoms with Gasteiger partial charge >= 0.3 is 22.8 Å². The van der Waals surface area contributed by atoms with E-state index in [9.17, 15) is 23.3 Å². The standard InChI is InChI=1S/C41H45N4O6P.C14H23N4O5P.C10H15N4O5P/c1-5-50-52(46,51-6-2)30-49-31(3)28-36-24-27-38-39(48-29-32-16-10-7-11-17-32)42-40(44-45(36)38)43-41(33-18-12-8-13-19-33,34-20-14-9-15-21-34)35-22-25-37(47-4)26-23-35;1-4-22-24(20,23-5-2)9-21-10(3)8-11-6-7-12-13(19)16-14(15)17-18(11)12;1-6(19-5-20(16,17)18)4-7-2-3-8-9(15)12-10(11)13-14(7)8/h7-27,31H,5-6,28-30H2,1-4H3,(H,43,44);6-7,10H,4-5,8-9H2,1-3H3,(H3,15,16,17,19);2-3,6H,4-5H2,1H3,(H2,16,17,18)(H3,11,12,13,15). The molecular formula is C65H83N12O16P3. The topological polar surface area (TPSA) is 369 Å². The maximum Gasteiger partial charge on any atom is 0.356 e. The third-order valence-electron chi connectivity index (χ3n) is 14.6. The lowest BCUT2D eigenvalue weighted by Gasteiger charge is -2.37. The molecule has 10 aromatic rings. The van der Waals surface area contributed by atoms with Crippen LogP contribution in [0.4, 0.5) is 17.8 Å². The van der Waals surface area contributed by atoms with Crippen LogP contribution >= 0.6 is 22.8 Å². The zero-order valence-electron chi connectivity index (χ0n) is 54.7. The molecule has 0 spiro atoms. The van der Waals surface area contributed by atoms with Gasteiger partial charge in [-0.1, -0.05) is 103 Å². The second-order valence-electron chi connectivity index (χ2n) is 21.9. The van der Waals surface area contributed by atoms with Gasteiger partial charge in [0.15, 0.2) is 0 Å². The van der Waals surface area contributed by atoms with Gasteiger partial charge in [-0.2, -0.15) is 4.98 Å². The number of methoxy groups -OCH3 is 1. The fourth-order valence-electron chi connectivity index (χ4n) is 10.4. The highest BCUT2D eigenvalue weighted by molar-refractivity contribution is 7.54. The van der Waals surface area contributed by atoms with Gasteiger partial charge in [0.1, 0.15) is 53.5 Å². The van der Waals surface area contributed by atoms with Crippen LogP contribution in [0, 0.1) is 0 Å². The highest BCUT2D eigenvalue weighted by Crippen LogP contribution is 2.49. The Hall–Kier alpha value is -8.33. The van der Waals surface area contributed by atoms with Crippen molar-refractivity contribution in [1.82, 2.24) is 43.8 Å². The molecule has 6 heterocycles. The Morgan fingerprint density at radius 2 is 0.906 bits per heavy atom. The highest BCUT2D eigenvalue weighted by Gasteiger charge is 2.38. The number of nitrogens with one attached hydrogen (secondary N) is 3. The fourth-order valence-corrected chi connectivity index (χ4v) is 13.7. The van der Waals surface area contributed by atoms with Gasteiger partial charge in [-0.3, -0.25) is 33.3 Å². The van der Waals surface area contributed by atoms with E-state index in [2.05, 4.69) is 61.9 Å². The molecule has 96 heavy (non-hydrogen) atoms. The van der Waals surface area contributed by atoms with Crippen molar-refractivity contribution < 1.29 is 65.3 Å². The third-order valence-corrected chi connectivity index (χ3v) is 18.6. The summed E-state index contributed by atoms with van der Waals surface area (Å²) in [5, 5.41) is 17.0. The van der Waals surface area contributed by atoms with Gasteiger partial charge in [-0.15, -0.1) is 15.3 Å². The number of nitrogens with two attached hydrogens (primary N) is 2. The van der Waals surface area contributed by atoms with E-state index < -0.39 is 40.8 Å². The number of aromatic amines is 2. The number of fused-ring (bicyclic) bond motifs is 3. The molecular weight excluding hydrogens is 1300 g/mol. The second-order valence-corrected chi connectivity index (χ2v) is 27.5. The van der Waals surface area contributed by atoms with Crippen molar-refractivity contribution in [3.05, 3.63) is 212 Å². The predicted molar refractivity (Wildman–Crippen MR) is 365 cm³/mol. The molecule has 0 aliphatic carbocycles. The van der Waals surface area contributed by atoms with E-state index in [4.69, 9.17) is 73.1 Å². The first-order valence-electron chi connectivity index (χ1n) is 31.0. The van der Waals surface area contributed by atoms with Crippen molar-refractivity contribution in [1.29, 1.82) is 0 Å². The minimum absolute atomic E-state index is 0.0104. The number of nitrogen functional groups attached to an aromatic ring is 2. The molecule has 0 fully saturated rings. The molecule has 4 aromatic carbocycles. The van der Waals surface area contributed by atoms with Crippen LogP contribution in [0.25, 0.3) is 16.6 Å². The molecule has 9 N–H and O–H groups in total. The lowest BCUT2D eigenvalue weighted by atomic mass is 9.77. The Bertz CT molecular complexity index is 4320. The van der Waals surface area contributed by atoms with Crippen LogP contribution in [-0.4, -0.2) is 124 Å². The van der Waals surface area contributed by atoms with Crippen LogP contribution in [0.1, 0.15) is 87.8 Å². The number of aromatic nitrogens is 9. The van der Waals surface area contributed by atoms with E-state index in [0.29, 0.717) is 59.9 Å². The summed E-state index contributed by atoms with van der Waals surface area (Å²) in [6.07, 6.45) is -0.718. The van der Waals surface area contributed by atoms with E-state index in [1.54, 1.807) is 66.0 Å². The van der Waals surface area contributed by atoms with Crippen molar-refractivity contribution in [2.24, 2.45) is 0 Å². The van der Waals surface area contributed by atoms with Gasteiger partial charge in [0.05, 0.1) is 51.8 Å². The Morgan fingerprint density at radius 3 is 1.31 bits per heavy atom. The minimum Gasteiger partial charge on any atom is -0.497 e. The Morgan fingerprint density at radius 1 is 0.521 bits per heavy atom. The molecule has 0 amide bonds. The smallest absolute Gasteiger partial charge is 0.356 e. The lowest BCUT2D eigenvalue weighted by molar-refractivity contribution is 0.0770. The summed E-state index contributed by atoms with van der Waals surface area (Å²) < 4.78 is 90.9. The summed E-state index contributed by atoms with van der Waals surface area (Å²) in [5.74, 6) is 1.55. The average molecular weight is 1380 g/mol.